The average molecular weight is 434 g/mol. The molecule has 1 aliphatic rings. The molecule has 0 fully saturated rings. The molecule has 3 aromatic rings. The molecule has 31 heavy (non-hydrogen) atoms. The summed E-state index contributed by atoms with van der Waals surface area (Å²) in [6.45, 7) is 2.37. The fraction of sp³-hybridized carbons (Fsp3) is 0.250. The van der Waals surface area contributed by atoms with Gasteiger partial charge in [0.2, 0.25) is 0 Å². The number of benzene rings is 2. The molecule has 0 atom stereocenters. The van der Waals surface area contributed by atoms with Gasteiger partial charge in [0.1, 0.15) is 11.1 Å². The van der Waals surface area contributed by atoms with Gasteiger partial charge in [0.05, 0.1) is 12.7 Å². The van der Waals surface area contributed by atoms with Crippen LogP contribution in [0, 0.1) is 11.3 Å². The van der Waals surface area contributed by atoms with Crippen LogP contribution in [0.1, 0.15) is 21.6 Å². The number of carbonyl (C=O) groups is 1. The Kier molecular flexibility index (Phi) is 6.51. The molecule has 4 rings (SSSR count). The van der Waals surface area contributed by atoms with Gasteiger partial charge in [-0.15, -0.1) is 11.3 Å². The van der Waals surface area contributed by atoms with E-state index in [1.54, 1.807) is 19.2 Å². The van der Waals surface area contributed by atoms with Crippen molar-refractivity contribution in [1.82, 2.24) is 4.90 Å². The van der Waals surface area contributed by atoms with Gasteiger partial charge in [-0.1, -0.05) is 42.5 Å². The highest BCUT2D eigenvalue weighted by molar-refractivity contribution is 7.16. The van der Waals surface area contributed by atoms with Gasteiger partial charge < -0.3 is 14.8 Å². The van der Waals surface area contributed by atoms with E-state index in [1.165, 1.54) is 16.9 Å². The third-order valence-electron chi connectivity index (χ3n) is 5.18. The Balaban J connectivity index is 1.42. The fourth-order valence-electron chi connectivity index (χ4n) is 3.68. The zero-order chi connectivity index (χ0) is 21.6. The topological polar surface area (TPSA) is 74.6 Å². The summed E-state index contributed by atoms with van der Waals surface area (Å²) in [4.78, 5) is 16.0. The number of rotatable bonds is 7. The predicted molar refractivity (Wildman–Crippen MR) is 120 cm³/mol. The van der Waals surface area contributed by atoms with Crippen LogP contribution in [0.2, 0.25) is 0 Å². The minimum Gasteiger partial charge on any atom is -0.493 e. The lowest BCUT2D eigenvalue weighted by molar-refractivity contribution is -0.118. The van der Waals surface area contributed by atoms with Crippen LogP contribution < -0.4 is 14.8 Å². The van der Waals surface area contributed by atoms with E-state index in [0.29, 0.717) is 22.1 Å². The molecule has 0 saturated heterocycles. The summed E-state index contributed by atoms with van der Waals surface area (Å²) in [5, 5.41) is 13.2. The van der Waals surface area contributed by atoms with Gasteiger partial charge in [0.25, 0.3) is 5.91 Å². The minimum absolute atomic E-state index is 0.159. The quantitative estimate of drug-likeness (QED) is 0.604. The monoisotopic (exact) mass is 433 g/mol. The van der Waals surface area contributed by atoms with Crippen LogP contribution in [0.3, 0.4) is 0 Å². The SMILES string of the molecule is COc1ccccc1OCC(=O)Nc1sc2c(c1C#N)CCN(Cc1ccccc1)C2. The number of amides is 1. The lowest BCUT2D eigenvalue weighted by Gasteiger charge is -2.26. The molecule has 7 heteroatoms. The van der Waals surface area contributed by atoms with Gasteiger partial charge in [0.15, 0.2) is 18.1 Å². The lowest BCUT2D eigenvalue weighted by Crippen LogP contribution is -2.29. The van der Waals surface area contributed by atoms with Gasteiger partial charge in [-0.2, -0.15) is 5.26 Å². The molecule has 1 amide bonds. The predicted octanol–water partition coefficient (Wildman–Crippen LogP) is 4.20. The number of hydrogen-bond acceptors (Lipinski definition) is 6. The Bertz CT molecular complexity index is 1110. The third kappa shape index (κ3) is 4.88. The molecule has 2 aromatic carbocycles. The second kappa shape index (κ2) is 9.65. The molecule has 0 aliphatic carbocycles. The number of thiophene rings is 1. The summed E-state index contributed by atoms with van der Waals surface area (Å²) in [5.41, 5.74) is 2.90. The molecule has 1 aliphatic heterocycles. The van der Waals surface area contributed by atoms with Gasteiger partial charge in [-0.25, -0.2) is 0 Å². The van der Waals surface area contributed by atoms with Crippen molar-refractivity contribution < 1.29 is 14.3 Å². The number of hydrogen-bond donors (Lipinski definition) is 1. The molecule has 0 radical (unpaired) electrons. The standard InChI is InChI=1S/C24H23N3O3S/c1-29-20-9-5-6-10-21(20)30-16-23(28)26-24-19(13-25)18-11-12-27(15-22(18)31-24)14-17-7-3-2-4-8-17/h2-10H,11-12,14-16H2,1H3,(H,26,28). The number of carbonyl (C=O) groups excluding carboxylic acids is 1. The maximum atomic E-state index is 12.5. The lowest BCUT2D eigenvalue weighted by atomic mass is 10.0. The van der Waals surface area contributed by atoms with Crippen molar-refractivity contribution in [3.05, 3.63) is 76.2 Å². The van der Waals surface area contributed by atoms with Crippen molar-refractivity contribution in [2.45, 2.75) is 19.5 Å². The zero-order valence-electron chi connectivity index (χ0n) is 17.3. The molecule has 0 spiro atoms. The highest BCUT2D eigenvalue weighted by Crippen LogP contribution is 2.37. The summed E-state index contributed by atoms with van der Waals surface area (Å²) in [6, 6.07) is 19.8. The van der Waals surface area contributed by atoms with Crippen LogP contribution in [-0.2, 0) is 24.3 Å². The van der Waals surface area contributed by atoms with Crippen molar-refractivity contribution in [2.75, 3.05) is 25.6 Å². The molecule has 2 heterocycles. The van der Waals surface area contributed by atoms with E-state index in [9.17, 15) is 10.1 Å². The Hall–Kier alpha value is -3.34. The number of ether oxygens (including phenoxy) is 2. The summed E-state index contributed by atoms with van der Waals surface area (Å²) in [5.74, 6) is 0.767. The number of para-hydroxylation sites is 2. The average Bonchev–Trinajstić information content (AvgIpc) is 3.14. The first-order valence-electron chi connectivity index (χ1n) is 10.0. The number of methoxy groups -OCH3 is 1. The molecule has 0 unspecified atom stereocenters. The van der Waals surface area contributed by atoms with Crippen molar-refractivity contribution in [3.8, 4) is 17.6 Å². The number of nitrogens with zero attached hydrogens (tertiary/aromatic N) is 2. The Morgan fingerprint density at radius 2 is 1.90 bits per heavy atom. The van der Waals surface area contributed by atoms with Crippen molar-refractivity contribution in [1.29, 1.82) is 5.26 Å². The van der Waals surface area contributed by atoms with E-state index in [0.717, 1.165) is 36.5 Å². The van der Waals surface area contributed by atoms with Crippen LogP contribution in [0.25, 0.3) is 0 Å². The molecule has 6 nitrogen and oxygen atoms in total. The van der Waals surface area contributed by atoms with Gasteiger partial charge in [-0.3, -0.25) is 9.69 Å². The van der Waals surface area contributed by atoms with Crippen LogP contribution in [0.5, 0.6) is 11.5 Å². The summed E-state index contributed by atoms with van der Waals surface area (Å²) >= 11 is 1.48. The molecule has 0 bridgehead atoms. The van der Waals surface area contributed by atoms with Gasteiger partial charge in [0, 0.05) is 24.5 Å². The van der Waals surface area contributed by atoms with Crippen LogP contribution in [0.15, 0.2) is 54.6 Å². The molecular formula is C24H23N3O3S. The van der Waals surface area contributed by atoms with Crippen LogP contribution >= 0.6 is 11.3 Å². The molecular weight excluding hydrogens is 410 g/mol. The van der Waals surface area contributed by atoms with E-state index < -0.39 is 0 Å². The first-order chi connectivity index (χ1) is 15.2. The number of fused-ring (bicyclic) bond motifs is 1. The molecule has 1 N–H and O–H groups in total. The Labute approximate surface area is 185 Å². The maximum Gasteiger partial charge on any atom is 0.262 e. The summed E-state index contributed by atoms with van der Waals surface area (Å²) < 4.78 is 10.8. The van der Waals surface area contributed by atoms with Gasteiger partial charge >= 0.3 is 0 Å². The second-order valence-corrected chi connectivity index (χ2v) is 8.36. The number of nitrogens with one attached hydrogen (secondary N) is 1. The van der Waals surface area contributed by atoms with Crippen LogP contribution in [0.4, 0.5) is 5.00 Å². The van der Waals surface area contributed by atoms with E-state index in [4.69, 9.17) is 9.47 Å². The smallest absolute Gasteiger partial charge is 0.262 e. The van der Waals surface area contributed by atoms with Crippen molar-refractivity contribution in [3.63, 3.8) is 0 Å². The first kappa shape index (κ1) is 20.9. The van der Waals surface area contributed by atoms with Gasteiger partial charge in [-0.05, 0) is 29.7 Å². The van der Waals surface area contributed by atoms with Crippen molar-refractivity contribution in [2.24, 2.45) is 0 Å². The fourth-order valence-corrected chi connectivity index (χ4v) is 4.94. The molecule has 0 saturated carbocycles. The Morgan fingerprint density at radius 1 is 1.16 bits per heavy atom. The van der Waals surface area contributed by atoms with Crippen LogP contribution in [-0.4, -0.2) is 31.1 Å². The second-order valence-electron chi connectivity index (χ2n) is 7.25. The third-order valence-corrected chi connectivity index (χ3v) is 6.31. The normalized spacial score (nSPS) is 13.2. The highest BCUT2D eigenvalue weighted by Gasteiger charge is 2.25. The first-order valence-corrected chi connectivity index (χ1v) is 10.9. The van der Waals surface area contributed by atoms with E-state index in [-0.39, 0.29) is 12.5 Å². The zero-order valence-corrected chi connectivity index (χ0v) is 18.1. The highest BCUT2D eigenvalue weighted by atomic mass is 32.1. The minimum atomic E-state index is -0.304. The number of nitriles is 1. The Morgan fingerprint density at radius 3 is 2.65 bits per heavy atom. The molecule has 158 valence electrons. The summed E-state index contributed by atoms with van der Waals surface area (Å²) in [6.07, 6.45) is 0.801. The largest absolute Gasteiger partial charge is 0.493 e. The number of anilines is 1. The van der Waals surface area contributed by atoms with E-state index >= 15 is 0 Å². The van der Waals surface area contributed by atoms with Crippen molar-refractivity contribution >= 4 is 22.2 Å². The van der Waals surface area contributed by atoms with E-state index in [2.05, 4.69) is 28.4 Å². The summed E-state index contributed by atoms with van der Waals surface area (Å²) in [7, 11) is 1.55. The van der Waals surface area contributed by atoms with E-state index in [1.807, 2.05) is 30.3 Å². The molecule has 1 aromatic heterocycles. The maximum absolute atomic E-state index is 12.5.